The van der Waals surface area contributed by atoms with Crippen molar-refractivity contribution in [3.05, 3.63) is 53.6 Å². The molecule has 4 aromatic rings. The van der Waals surface area contributed by atoms with Crippen molar-refractivity contribution in [2.45, 2.75) is 62.6 Å². The van der Waals surface area contributed by atoms with Crippen LogP contribution in [0.1, 0.15) is 44.9 Å². The number of fused-ring (bicyclic) bond motifs is 4. The maximum Gasteiger partial charge on any atom is 0.319 e. The maximum absolute atomic E-state index is 16.8. The Hall–Kier alpha value is -3.74. The van der Waals surface area contributed by atoms with Crippen LogP contribution >= 0.6 is 0 Å². The molecular weight excluding hydrogens is 626 g/mol. The average Bonchev–Trinajstić information content (AvgIpc) is 3.74. The fourth-order valence-electron chi connectivity index (χ4n) is 8.47. The van der Waals surface area contributed by atoms with E-state index in [1.54, 1.807) is 0 Å². The van der Waals surface area contributed by atoms with Crippen molar-refractivity contribution in [3.63, 3.8) is 0 Å². The summed E-state index contributed by atoms with van der Waals surface area (Å²) in [6.07, 6.45) is 7.47. The Morgan fingerprint density at radius 2 is 1.75 bits per heavy atom. The maximum atomic E-state index is 16.8. The number of aromatic hydroxyl groups is 1. The summed E-state index contributed by atoms with van der Waals surface area (Å²) < 4.78 is 74.7. The highest BCUT2D eigenvalue weighted by Crippen LogP contribution is 2.50. The van der Waals surface area contributed by atoms with Gasteiger partial charge in [0.15, 0.2) is 17.5 Å². The fourth-order valence-corrected chi connectivity index (χ4v) is 8.47. The molecule has 1 spiro atoms. The topological polar surface area (TPSA) is 83.0 Å². The normalized spacial score (nSPS) is 24.4. The number of morpholine rings is 1. The smallest absolute Gasteiger partial charge is 0.319 e. The van der Waals surface area contributed by atoms with Crippen LogP contribution in [0.25, 0.3) is 32.8 Å². The number of ether oxygens (including phenoxy) is 2. The number of piperazine rings is 1. The van der Waals surface area contributed by atoms with Gasteiger partial charge in [0.25, 0.3) is 0 Å². The van der Waals surface area contributed by atoms with E-state index in [4.69, 9.17) is 14.5 Å². The quantitative estimate of drug-likeness (QED) is 0.231. The van der Waals surface area contributed by atoms with Crippen molar-refractivity contribution < 1.29 is 32.1 Å². The summed E-state index contributed by atoms with van der Waals surface area (Å²) in [4.78, 5) is 13.9. The molecule has 8 nitrogen and oxygen atoms in total. The molecular formula is C36H37F4N5O3. The second-order valence-corrected chi connectivity index (χ2v) is 14.6. The lowest BCUT2D eigenvalue weighted by Crippen LogP contribution is -2.62. The van der Waals surface area contributed by atoms with Gasteiger partial charge >= 0.3 is 6.01 Å². The number of nitrogens with zero attached hydrogens (tertiary/aromatic N) is 4. The summed E-state index contributed by atoms with van der Waals surface area (Å²) in [7, 11) is 0. The molecule has 9 rings (SSSR count). The number of phenolic OH excluding ortho intramolecular Hbond substituents is 1. The van der Waals surface area contributed by atoms with Crippen molar-refractivity contribution in [2.75, 3.05) is 50.9 Å². The van der Waals surface area contributed by atoms with Crippen LogP contribution in [0.3, 0.4) is 0 Å². The second kappa shape index (κ2) is 11.1. The summed E-state index contributed by atoms with van der Waals surface area (Å²) in [5, 5.41) is 13.9. The lowest BCUT2D eigenvalue weighted by atomic mass is 9.74. The molecule has 3 saturated heterocycles. The molecule has 3 aliphatic heterocycles. The first-order valence-corrected chi connectivity index (χ1v) is 17.0. The zero-order chi connectivity index (χ0) is 32.8. The summed E-state index contributed by atoms with van der Waals surface area (Å²) >= 11 is 0. The highest BCUT2D eigenvalue weighted by atomic mass is 19.2. The first-order valence-electron chi connectivity index (χ1n) is 17.0. The van der Waals surface area contributed by atoms with E-state index in [-0.39, 0.29) is 62.0 Å². The van der Waals surface area contributed by atoms with Crippen LogP contribution < -0.4 is 15.0 Å². The van der Waals surface area contributed by atoms with E-state index in [2.05, 4.69) is 15.2 Å². The number of nitrogens with one attached hydrogen (secondary N) is 1. The average molecular weight is 664 g/mol. The Morgan fingerprint density at radius 1 is 0.958 bits per heavy atom. The van der Waals surface area contributed by atoms with Gasteiger partial charge in [-0.25, -0.2) is 17.6 Å². The predicted molar refractivity (Wildman–Crippen MR) is 172 cm³/mol. The Morgan fingerprint density at radius 3 is 2.48 bits per heavy atom. The summed E-state index contributed by atoms with van der Waals surface area (Å²) in [5.41, 5.74) is -1.06. The molecule has 3 aromatic carbocycles. The van der Waals surface area contributed by atoms with E-state index < -0.39 is 28.8 Å². The minimum Gasteiger partial charge on any atom is -0.508 e. The number of rotatable bonds is 7. The third kappa shape index (κ3) is 4.97. The van der Waals surface area contributed by atoms with Crippen molar-refractivity contribution in [3.8, 4) is 22.9 Å². The Balaban J connectivity index is 1.13. The van der Waals surface area contributed by atoms with Gasteiger partial charge in [0.2, 0.25) is 0 Å². The lowest BCUT2D eigenvalue weighted by molar-refractivity contribution is -0.115. The molecule has 2 atom stereocenters. The molecule has 12 heteroatoms. The number of phenols is 1. The van der Waals surface area contributed by atoms with E-state index in [1.165, 1.54) is 18.6 Å². The zero-order valence-corrected chi connectivity index (χ0v) is 26.5. The molecule has 2 unspecified atom stereocenters. The van der Waals surface area contributed by atoms with Crippen molar-refractivity contribution in [1.82, 2.24) is 20.2 Å². The number of hydrogen-bond acceptors (Lipinski definition) is 8. The molecule has 2 N–H and O–H groups in total. The molecule has 0 amide bonds. The highest BCUT2D eigenvalue weighted by Gasteiger charge is 2.52. The van der Waals surface area contributed by atoms with Crippen LogP contribution in [0.4, 0.5) is 23.4 Å². The SMILES string of the molecule is Oc1cc(-c2c(F)cc3c(N4CC5CCC(C4)N5)nc(OCC4(CN5CCOCC56CCC6)CC4)nc3c2F)c2c(F)c(F)ccc2c1. The molecule has 2 bridgehead atoms. The summed E-state index contributed by atoms with van der Waals surface area (Å²) in [5.74, 6) is -4.46. The number of anilines is 1. The van der Waals surface area contributed by atoms with Gasteiger partial charge in [-0.1, -0.05) is 6.07 Å². The zero-order valence-electron chi connectivity index (χ0n) is 26.5. The third-order valence-corrected chi connectivity index (χ3v) is 11.4. The molecule has 2 aliphatic carbocycles. The van der Waals surface area contributed by atoms with Crippen LogP contribution in [0, 0.1) is 28.7 Å². The third-order valence-electron chi connectivity index (χ3n) is 11.4. The molecule has 2 saturated carbocycles. The largest absolute Gasteiger partial charge is 0.508 e. The monoisotopic (exact) mass is 663 g/mol. The Labute approximate surface area is 275 Å². The van der Waals surface area contributed by atoms with Gasteiger partial charge in [-0.05, 0) is 74.6 Å². The van der Waals surface area contributed by atoms with Gasteiger partial charge in [-0.2, -0.15) is 9.97 Å². The minimum absolute atomic E-state index is 0.00978. The lowest BCUT2D eigenvalue weighted by Gasteiger charge is -2.53. The minimum atomic E-state index is -1.26. The van der Waals surface area contributed by atoms with Gasteiger partial charge in [0, 0.05) is 65.6 Å². The fraction of sp³-hybridized carbons (Fsp3) is 0.500. The number of halogens is 4. The van der Waals surface area contributed by atoms with Crippen LogP contribution in [-0.2, 0) is 4.74 Å². The number of aromatic nitrogens is 2. The van der Waals surface area contributed by atoms with Gasteiger partial charge in [-0.15, -0.1) is 0 Å². The van der Waals surface area contributed by atoms with Crippen molar-refractivity contribution >= 4 is 27.5 Å². The van der Waals surface area contributed by atoms with Crippen molar-refractivity contribution in [1.29, 1.82) is 0 Å². The second-order valence-electron chi connectivity index (χ2n) is 14.6. The standard InChI is InChI=1S/C36H37F4N5O3/c37-26-5-2-20-12-23(46)13-24(28(20)30(26)39)29-27(38)14-25-32(31(29)40)42-34(43-33(25)44-15-21-3-4-22(16-44)41-21)48-18-35(8-9-35)17-45-10-11-47-19-36(45)6-1-7-36/h2,5,12-14,21-22,41,46H,1,3-4,6-11,15-19H2. The van der Waals surface area contributed by atoms with Gasteiger partial charge in [0.05, 0.1) is 25.4 Å². The van der Waals surface area contributed by atoms with Gasteiger partial charge < -0.3 is 24.8 Å². The molecule has 252 valence electrons. The van der Waals surface area contributed by atoms with E-state index in [1.807, 2.05) is 4.90 Å². The van der Waals surface area contributed by atoms with Crippen LogP contribution in [0.5, 0.6) is 11.8 Å². The van der Waals surface area contributed by atoms with Crippen molar-refractivity contribution in [2.24, 2.45) is 5.41 Å². The molecule has 48 heavy (non-hydrogen) atoms. The van der Waals surface area contributed by atoms with Crippen LogP contribution in [0.15, 0.2) is 30.3 Å². The van der Waals surface area contributed by atoms with E-state index in [9.17, 15) is 9.50 Å². The van der Waals surface area contributed by atoms with Gasteiger partial charge in [0.1, 0.15) is 22.9 Å². The van der Waals surface area contributed by atoms with E-state index in [0.29, 0.717) is 32.1 Å². The molecule has 1 aromatic heterocycles. The van der Waals surface area contributed by atoms with Crippen LogP contribution in [-0.4, -0.2) is 83.6 Å². The first-order chi connectivity index (χ1) is 23.2. The van der Waals surface area contributed by atoms with E-state index >= 15 is 13.2 Å². The molecule has 5 fully saturated rings. The van der Waals surface area contributed by atoms with Crippen LogP contribution in [0.2, 0.25) is 0 Å². The Bertz CT molecular complexity index is 1940. The van der Waals surface area contributed by atoms with Gasteiger partial charge in [-0.3, -0.25) is 4.90 Å². The Kier molecular flexibility index (Phi) is 7.04. The number of benzene rings is 3. The van der Waals surface area contributed by atoms with E-state index in [0.717, 1.165) is 76.4 Å². The number of hydrogen-bond donors (Lipinski definition) is 2. The first kappa shape index (κ1) is 30.3. The molecule has 0 radical (unpaired) electrons. The highest BCUT2D eigenvalue weighted by molar-refractivity contribution is 6.02. The molecule has 5 aliphatic rings. The molecule has 4 heterocycles. The summed E-state index contributed by atoms with van der Waals surface area (Å²) in [6.45, 7) is 4.82. The predicted octanol–water partition coefficient (Wildman–Crippen LogP) is 6.07. The summed E-state index contributed by atoms with van der Waals surface area (Å²) in [6, 6.07) is 6.04.